The molecule has 1 aliphatic heterocycles. The number of nitrogens with one attached hydrogen (secondary N) is 1. The average molecular weight is 376 g/mol. The van der Waals surface area contributed by atoms with Gasteiger partial charge in [-0.15, -0.1) is 0 Å². The van der Waals surface area contributed by atoms with Crippen molar-refractivity contribution in [3.8, 4) is 0 Å². The Morgan fingerprint density at radius 1 is 1.15 bits per heavy atom. The number of nitrogens with zero attached hydrogens (tertiary/aromatic N) is 3. The Morgan fingerprint density at radius 3 is 2.65 bits per heavy atom. The lowest BCUT2D eigenvalue weighted by atomic mass is 10.2. The molecule has 0 radical (unpaired) electrons. The molecule has 2 heterocycles. The van der Waals surface area contributed by atoms with Gasteiger partial charge in [-0.1, -0.05) is 12.1 Å². The van der Waals surface area contributed by atoms with Gasteiger partial charge in [0.1, 0.15) is 0 Å². The third kappa shape index (κ3) is 4.01. The largest absolute Gasteiger partial charge is 0.379 e. The fourth-order valence-corrected chi connectivity index (χ4v) is 3.99. The number of rotatable bonds is 4. The average Bonchev–Trinajstić information content (AvgIpc) is 2.68. The first kappa shape index (κ1) is 18.3. The van der Waals surface area contributed by atoms with Gasteiger partial charge in [-0.2, -0.15) is 9.41 Å². The number of sulfonamides is 1. The summed E-state index contributed by atoms with van der Waals surface area (Å²) in [5, 5.41) is 4.05. The summed E-state index contributed by atoms with van der Waals surface area (Å²) < 4.78 is 33.7. The van der Waals surface area contributed by atoms with Crippen LogP contribution < -0.4 is 10.9 Å². The molecule has 3 rings (SSSR count). The van der Waals surface area contributed by atoms with Crippen LogP contribution in [0.25, 0.3) is 0 Å². The van der Waals surface area contributed by atoms with Crippen molar-refractivity contribution in [2.45, 2.75) is 4.90 Å². The molecule has 0 unspecified atom stereocenters. The first-order valence-electron chi connectivity index (χ1n) is 8.12. The van der Waals surface area contributed by atoms with Gasteiger partial charge in [-0.05, 0) is 30.3 Å². The molecule has 0 aliphatic carbocycles. The Morgan fingerprint density at radius 2 is 1.92 bits per heavy atom. The molecule has 1 fully saturated rings. The molecule has 1 saturated heterocycles. The molecule has 8 nitrogen and oxygen atoms in total. The number of aromatic nitrogens is 1. The van der Waals surface area contributed by atoms with Crippen LogP contribution in [-0.2, 0) is 21.8 Å². The minimum Gasteiger partial charge on any atom is -0.379 e. The Balaban J connectivity index is 1.81. The third-order valence-corrected chi connectivity index (χ3v) is 5.90. The van der Waals surface area contributed by atoms with E-state index in [-0.39, 0.29) is 10.5 Å². The van der Waals surface area contributed by atoms with Crippen molar-refractivity contribution >= 4 is 15.9 Å². The van der Waals surface area contributed by atoms with Gasteiger partial charge < -0.3 is 9.30 Å². The Hall–Kier alpha value is -2.49. The normalized spacial score (nSPS) is 16.4. The maximum Gasteiger partial charge on any atom is 0.271 e. The van der Waals surface area contributed by atoms with Crippen molar-refractivity contribution in [1.29, 1.82) is 0 Å². The first-order chi connectivity index (χ1) is 12.5. The molecule has 1 N–H and O–H groups in total. The molecule has 1 amide bonds. The lowest BCUT2D eigenvalue weighted by Crippen LogP contribution is -2.40. The lowest BCUT2D eigenvalue weighted by Gasteiger charge is -2.26. The van der Waals surface area contributed by atoms with E-state index in [0.29, 0.717) is 31.8 Å². The highest BCUT2D eigenvalue weighted by Crippen LogP contribution is 2.18. The molecule has 26 heavy (non-hydrogen) atoms. The van der Waals surface area contributed by atoms with Crippen LogP contribution in [0, 0.1) is 0 Å². The van der Waals surface area contributed by atoms with Crippen LogP contribution >= 0.6 is 0 Å². The number of carbonyl (C=O) groups excluding carboxylic acids is 1. The second-order valence-electron chi connectivity index (χ2n) is 5.77. The maximum atomic E-state index is 12.7. The first-order valence-corrected chi connectivity index (χ1v) is 9.56. The number of pyridine rings is 1. The zero-order valence-electron chi connectivity index (χ0n) is 14.3. The van der Waals surface area contributed by atoms with Gasteiger partial charge in [0.05, 0.1) is 18.1 Å². The van der Waals surface area contributed by atoms with Crippen molar-refractivity contribution in [3.63, 3.8) is 0 Å². The van der Waals surface area contributed by atoms with Crippen LogP contribution in [0.2, 0.25) is 0 Å². The molecule has 1 aliphatic rings. The predicted octanol–water partition coefficient (Wildman–Crippen LogP) is 0.292. The molecule has 138 valence electrons. The Labute approximate surface area is 151 Å². The molecule has 0 atom stereocenters. The SMILES string of the molecule is Cn1cccc/c1=N\NC(=O)c1cccc(S(=O)(=O)N2CCOCC2)c1. The smallest absolute Gasteiger partial charge is 0.271 e. The number of ether oxygens (including phenoxy) is 1. The minimum atomic E-state index is -3.65. The van der Waals surface area contributed by atoms with E-state index in [9.17, 15) is 13.2 Å². The number of hydrogen-bond donors (Lipinski definition) is 1. The summed E-state index contributed by atoms with van der Waals surface area (Å²) in [5.74, 6) is -0.479. The number of hydrogen-bond acceptors (Lipinski definition) is 5. The standard InChI is InChI=1S/C17H20N4O4S/c1-20-8-3-2-7-16(20)18-19-17(22)14-5-4-6-15(13-14)26(23,24)21-9-11-25-12-10-21/h2-8,13H,9-12H2,1H3,(H,19,22)/b18-16+. The predicted molar refractivity (Wildman–Crippen MR) is 94.5 cm³/mol. The fourth-order valence-electron chi connectivity index (χ4n) is 2.54. The van der Waals surface area contributed by atoms with Gasteiger partial charge in [0.2, 0.25) is 10.0 Å². The van der Waals surface area contributed by atoms with E-state index in [2.05, 4.69) is 10.5 Å². The highest BCUT2D eigenvalue weighted by molar-refractivity contribution is 7.89. The number of carbonyl (C=O) groups is 1. The number of aryl methyl sites for hydroxylation is 1. The number of benzene rings is 1. The lowest BCUT2D eigenvalue weighted by molar-refractivity contribution is 0.0730. The monoisotopic (exact) mass is 376 g/mol. The summed E-state index contributed by atoms with van der Waals surface area (Å²) in [5.41, 5.74) is 3.24. The Kier molecular flexibility index (Phi) is 5.50. The van der Waals surface area contributed by atoms with Gasteiger partial charge in [-0.25, -0.2) is 13.8 Å². The van der Waals surface area contributed by atoms with E-state index in [4.69, 9.17) is 4.74 Å². The zero-order chi connectivity index (χ0) is 18.6. The van der Waals surface area contributed by atoms with E-state index >= 15 is 0 Å². The van der Waals surface area contributed by atoms with Crippen molar-refractivity contribution < 1.29 is 17.9 Å². The van der Waals surface area contributed by atoms with Crippen LogP contribution in [0.5, 0.6) is 0 Å². The minimum absolute atomic E-state index is 0.0808. The second kappa shape index (κ2) is 7.81. The molecule has 1 aromatic heterocycles. The fraction of sp³-hybridized carbons (Fsp3) is 0.294. The molecule has 2 aromatic rings. The quantitative estimate of drug-likeness (QED) is 0.777. The summed E-state index contributed by atoms with van der Waals surface area (Å²) in [6.45, 7) is 1.34. The summed E-state index contributed by atoms with van der Waals surface area (Å²) in [6.07, 6.45) is 1.81. The molecule has 0 saturated carbocycles. The highest BCUT2D eigenvalue weighted by atomic mass is 32.2. The van der Waals surface area contributed by atoms with Crippen molar-refractivity contribution in [2.24, 2.45) is 12.1 Å². The van der Waals surface area contributed by atoms with Crippen molar-refractivity contribution in [1.82, 2.24) is 14.3 Å². The molecule has 0 bridgehead atoms. The van der Waals surface area contributed by atoms with Gasteiger partial charge >= 0.3 is 0 Å². The number of amides is 1. The van der Waals surface area contributed by atoms with E-state index in [1.165, 1.54) is 16.4 Å². The molecule has 9 heteroatoms. The van der Waals surface area contributed by atoms with Gasteiger partial charge in [0, 0.05) is 31.9 Å². The molecule has 1 aromatic carbocycles. The zero-order valence-corrected chi connectivity index (χ0v) is 15.1. The highest BCUT2D eigenvalue weighted by Gasteiger charge is 2.26. The van der Waals surface area contributed by atoms with Crippen LogP contribution in [0.1, 0.15) is 10.4 Å². The number of morpholine rings is 1. The van der Waals surface area contributed by atoms with Gasteiger partial charge in [-0.3, -0.25) is 4.79 Å². The van der Waals surface area contributed by atoms with Gasteiger partial charge in [0.15, 0.2) is 5.49 Å². The molecular formula is C17H20N4O4S. The molecular weight excluding hydrogens is 356 g/mol. The van der Waals surface area contributed by atoms with Crippen LogP contribution in [0.3, 0.4) is 0 Å². The van der Waals surface area contributed by atoms with Gasteiger partial charge in [0.25, 0.3) is 5.91 Å². The maximum absolute atomic E-state index is 12.7. The van der Waals surface area contributed by atoms with E-state index in [1.54, 1.807) is 42.1 Å². The Bertz CT molecular complexity index is 962. The van der Waals surface area contributed by atoms with Crippen LogP contribution in [0.4, 0.5) is 0 Å². The summed E-state index contributed by atoms with van der Waals surface area (Å²) in [7, 11) is -1.85. The second-order valence-corrected chi connectivity index (χ2v) is 7.70. The third-order valence-electron chi connectivity index (χ3n) is 4.00. The summed E-state index contributed by atoms with van der Waals surface area (Å²) >= 11 is 0. The van der Waals surface area contributed by atoms with Crippen LogP contribution in [-0.4, -0.2) is 49.5 Å². The van der Waals surface area contributed by atoms with Crippen LogP contribution in [0.15, 0.2) is 58.7 Å². The van der Waals surface area contributed by atoms with Crippen molar-refractivity contribution in [3.05, 3.63) is 59.7 Å². The van der Waals surface area contributed by atoms with E-state index < -0.39 is 15.9 Å². The van der Waals surface area contributed by atoms with E-state index in [1.807, 2.05) is 6.07 Å². The summed E-state index contributed by atoms with van der Waals surface area (Å²) in [6, 6.07) is 11.3. The molecule has 0 spiro atoms. The van der Waals surface area contributed by atoms with E-state index in [0.717, 1.165) is 0 Å². The van der Waals surface area contributed by atoms with Crippen molar-refractivity contribution in [2.75, 3.05) is 26.3 Å². The summed E-state index contributed by atoms with van der Waals surface area (Å²) in [4.78, 5) is 12.4. The topological polar surface area (TPSA) is 93.0 Å².